The van der Waals surface area contributed by atoms with Gasteiger partial charge >= 0.3 is 6.18 Å². The zero-order valence-electron chi connectivity index (χ0n) is 14.4. The molecule has 0 saturated heterocycles. The van der Waals surface area contributed by atoms with Crippen molar-refractivity contribution in [3.8, 4) is 17.2 Å². The number of aryl methyl sites for hydroxylation is 1. The van der Waals surface area contributed by atoms with Gasteiger partial charge in [-0.1, -0.05) is 24.3 Å². The minimum Gasteiger partial charge on any atom is -0.265 e. The number of carbonyl (C=O) groups excluding carboxylic acids is 1. The standard InChI is InChI=1S/C20H11F3N4O/c1-11-16(13-6-8-15(9-7-13)20(21,22)23)18-25-17(19(28)27(18)26-11)14-4-2-12(10-24)3-5-14/h2-9H,1H3. The van der Waals surface area contributed by atoms with Gasteiger partial charge in [-0.3, -0.25) is 4.79 Å². The molecule has 0 fully saturated rings. The first-order valence-corrected chi connectivity index (χ1v) is 8.21. The fraction of sp³-hybridized carbons (Fsp3) is 0.100. The van der Waals surface area contributed by atoms with Crippen LogP contribution in [0, 0.1) is 18.3 Å². The second-order valence-electron chi connectivity index (χ2n) is 6.23. The molecule has 0 aliphatic carbocycles. The molecule has 28 heavy (non-hydrogen) atoms. The zero-order valence-corrected chi connectivity index (χ0v) is 14.4. The summed E-state index contributed by atoms with van der Waals surface area (Å²) in [6.07, 6.45) is -4.43. The smallest absolute Gasteiger partial charge is 0.265 e. The van der Waals surface area contributed by atoms with Crippen LogP contribution in [-0.2, 0) is 6.18 Å². The fourth-order valence-corrected chi connectivity index (χ4v) is 3.07. The van der Waals surface area contributed by atoms with Gasteiger partial charge in [-0.2, -0.15) is 28.2 Å². The van der Waals surface area contributed by atoms with Crippen molar-refractivity contribution in [1.29, 1.82) is 5.26 Å². The van der Waals surface area contributed by atoms with Gasteiger partial charge in [0.1, 0.15) is 5.71 Å². The third kappa shape index (κ3) is 2.77. The van der Waals surface area contributed by atoms with Crippen LogP contribution in [0.4, 0.5) is 19.0 Å². The van der Waals surface area contributed by atoms with E-state index in [2.05, 4.69) is 10.1 Å². The third-order valence-electron chi connectivity index (χ3n) is 4.44. The monoisotopic (exact) mass is 380 g/mol. The summed E-state index contributed by atoms with van der Waals surface area (Å²) < 4.78 is 39.6. The Morgan fingerprint density at radius 2 is 1.61 bits per heavy atom. The van der Waals surface area contributed by atoms with Crippen LogP contribution in [0.25, 0.3) is 11.1 Å². The number of halogens is 3. The molecule has 0 unspecified atom stereocenters. The van der Waals surface area contributed by atoms with E-state index < -0.39 is 17.6 Å². The highest BCUT2D eigenvalue weighted by atomic mass is 19.4. The first-order valence-electron chi connectivity index (χ1n) is 8.21. The topological polar surface area (TPSA) is 71.0 Å². The van der Waals surface area contributed by atoms with Crippen LogP contribution in [0.1, 0.15) is 27.2 Å². The minimum absolute atomic E-state index is 0.167. The summed E-state index contributed by atoms with van der Waals surface area (Å²) in [4.78, 5) is 17.1. The van der Waals surface area contributed by atoms with E-state index in [1.165, 1.54) is 12.1 Å². The number of benzene rings is 2. The minimum atomic E-state index is -4.43. The average Bonchev–Trinajstić information content (AvgIpc) is 3.16. The Morgan fingerprint density at radius 3 is 2.18 bits per heavy atom. The van der Waals surface area contributed by atoms with Crippen molar-refractivity contribution < 1.29 is 18.0 Å². The number of nitriles is 1. The number of aromatic nitrogens is 2. The molecule has 2 heterocycles. The summed E-state index contributed by atoms with van der Waals surface area (Å²) in [5.41, 5.74) is 1.89. The number of fused-ring (bicyclic) bond motifs is 1. The molecule has 1 aromatic heterocycles. The lowest BCUT2D eigenvalue weighted by molar-refractivity contribution is -0.137. The average molecular weight is 380 g/mol. The maximum absolute atomic E-state index is 12.8. The Labute approximate surface area is 157 Å². The number of hydrogen-bond donors (Lipinski definition) is 0. The summed E-state index contributed by atoms with van der Waals surface area (Å²) >= 11 is 0. The Morgan fingerprint density at radius 1 is 1.00 bits per heavy atom. The number of alkyl halides is 3. The molecule has 4 rings (SSSR count). The van der Waals surface area contributed by atoms with Gasteiger partial charge < -0.3 is 0 Å². The molecule has 0 saturated carbocycles. The number of carbonyl (C=O) groups is 1. The van der Waals surface area contributed by atoms with Crippen LogP contribution in [0.3, 0.4) is 0 Å². The highest BCUT2D eigenvalue weighted by Crippen LogP contribution is 2.38. The van der Waals surface area contributed by atoms with Crippen LogP contribution in [0.5, 0.6) is 0 Å². The van der Waals surface area contributed by atoms with E-state index in [0.717, 1.165) is 16.8 Å². The van der Waals surface area contributed by atoms with Gasteiger partial charge in [-0.05, 0) is 36.8 Å². The van der Waals surface area contributed by atoms with Crippen molar-refractivity contribution in [1.82, 2.24) is 9.78 Å². The molecule has 1 aliphatic rings. The predicted octanol–water partition coefficient (Wildman–Crippen LogP) is 4.52. The molecular formula is C20H11F3N4O. The lowest BCUT2D eigenvalue weighted by Gasteiger charge is -2.07. The first kappa shape index (κ1) is 17.7. The van der Waals surface area contributed by atoms with Gasteiger partial charge in [0.25, 0.3) is 5.91 Å². The second kappa shape index (κ2) is 6.16. The largest absolute Gasteiger partial charge is 0.416 e. The molecule has 0 bridgehead atoms. The lowest BCUT2D eigenvalue weighted by Crippen LogP contribution is -2.18. The van der Waals surface area contributed by atoms with E-state index >= 15 is 0 Å². The van der Waals surface area contributed by atoms with E-state index in [0.29, 0.717) is 27.9 Å². The van der Waals surface area contributed by atoms with Crippen molar-refractivity contribution in [2.24, 2.45) is 4.99 Å². The molecule has 0 spiro atoms. The highest BCUT2D eigenvalue weighted by molar-refractivity contribution is 6.48. The summed E-state index contributed by atoms with van der Waals surface area (Å²) in [6, 6.07) is 13.0. The molecule has 3 aromatic rings. The first-order chi connectivity index (χ1) is 13.3. The fourth-order valence-electron chi connectivity index (χ4n) is 3.07. The van der Waals surface area contributed by atoms with E-state index in [1.54, 1.807) is 31.2 Å². The van der Waals surface area contributed by atoms with Crippen molar-refractivity contribution in [2.75, 3.05) is 0 Å². The Balaban J connectivity index is 1.78. The summed E-state index contributed by atoms with van der Waals surface area (Å²) in [5.74, 6) is -0.150. The molecule has 0 N–H and O–H groups in total. The number of rotatable bonds is 2. The van der Waals surface area contributed by atoms with Crippen LogP contribution in [0.15, 0.2) is 53.5 Å². The van der Waals surface area contributed by atoms with Gasteiger partial charge in [0.15, 0.2) is 5.82 Å². The Kier molecular flexibility index (Phi) is 3.89. The predicted molar refractivity (Wildman–Crippen MR) is 95.4 cm³/mol. The molecule has 138 valence electrons. The van der Waals surface area contributed by atoms with Crippen LogP contribution in [-0.4, -0.2) is 21.4 Å². The molecule has 1 aliphatic heterocycles. The van der Waals surface area contributed by atoms with Crippen LogP contribution < -0.4 is 0 Å². The summed E-state index contributed by atoms with van der Waals surface area (Å²) in [6.45, 7) is 1.67. The van der Waals surface area contributed by atoms with E-state index in [1.807, 2.05) is 6.07 Å². The van der Waals surface area contributed by atoms with Gasteiger partial charge in [-0.25, -0.2) is 4.99 Å². The molecule has 0 radical (unpaired) electrons. The number of hydrogen-bond acceptors (Lipinski definition) is 4. The van der Waals surface area contributed by atoms with Crippen LogP contribution in [0.2, 0.25) is 0 Å². The van der Waals surface area contributed by atoms with Gasteiger partial charge in [0, 0.05) is 11.1 Å². The quantitative estimate of drug-likeness (QED) is 0.656. The highest BCUT2D eigenvalue weighted by Gasteiger charge is 2.32. The second-order valence-corrected chi connectivity index (χ2v) is 6.23. The normalized spacial score (nSPS) is 13.2. The van der Waals surface area contributed by atoms with Gasteiger partial charge in [-0.15, -0.1) is 0 Å². The van der Waals surface area contributed by atoms with Crippen molar-refractivity contribution >= 4 is 17.4 Å². The summed E-state index contributed by atoms with van der Waals surface area (Å²) in [7, 11) is 0. The van der Waals surface area contributed by atoms with Gasteiger partial charge in [0.05, 0.1) is 22.9 Å². The summed E-state index contributed by atoms with van der Waals surface area (Å²) in [5, 5.41) is 13.1. The molecule has 5 nitrogen and oxygen atoms in total. The van der Waals surface area contributed by atoms with Crippen LogP contribution >= 0.6 is 0 Å². The Bertz CT molecular complexity index is 1160. The van der Waals surface area contributed by atoms with Crippen molar-refractivity contribution in [3.63, 3.8) is 0 Å². The SMILES string of the molecule is Cc1nn2c(c1-c1ccc(C(F)(F)F)cc1)N=C(c1ccc(C#N)cc1)C2=O. The Hall–Kier alpha value is -3.73. The van der Waals surface area contributed by atoms with E-state index in [4.69, 9.17) is 5.26 Å². The molecular weight excluding hydrogens is 369 g/mol. The third-order valence-corrected chi connectivity index (χ3v) is 4.44. The lowest BCUT2D eigenvalue weighted by atomic mass is 10.0. The van der Waals surface area contributed by atoms with E-state index in [9.17, 15) is 18.0 Å². The molecule has 0 atom stereocenters. The van der Waals surface area contributed by atoms with Gasteiger partial charge in [0.2, 0.25) is 0 Å². The number of nitrogens with zero attached hydrogens (tertiary/aromatic N) is 4. The maximum atomic E-state index is 12.8. The molecule has 2 aromatic carbocycles. The van der Waals surface area contributed by atoms with Crippen molar-refractivity contribution in [3.05, 3.63) is 70.9 Å². The zero-order chi connectivity index (χ0) is 20.1. The maximum Gasteiger partial charge on any atom is 0.416 e. The molecule has 8 heteroatoms. The van der Waals surface area contributed by atoms with Crippen molar-refractivity contribution in [2.45, 2.75) is 13.1 Å². The molecule has 0 amide bonds. The number of aliphatic imine (C=N–C) groups is 1. The van der Waals surface area contributed by atoms with E-state index in [-0.39, 0.29) is 11.5 Å².